The van der Waals surface area contributed by atoms with Crippen LogP contribution >= 0.6 is 0 Å². The van der Waals surface area contributed by atoms with Crippen molar-refractivity contribution in [3.05, 3.63) is 0 Å². The van der Waals surface area contributed by atoms with Gasteiger partial charge in [-0.05, 0) is 0 Å². The van der Waals surface area contributed by atoms with Crippen LogP contribution in [0, 0.1) is 0 Å². The summed E-state index contributed by atoms with van der Waals surface area (Å²) in [5.74, 6) is -1.74. The molecule has 10 N–H and O–H groups in total. The minimum atomic E-state index is -4.11. The molecule has 14 nitrogen and oxygen atoms in total. The lowest BCUT2D eigenvalue weighted by Gasteiger charge is -2.35. The lowest BCUT2D eigenvalue weighted by molar-refractivity contribution is -0.136. The smallest absolute Gasteiger partial charge is 0.317 e. The normalized spacial score (nSPS) is 16.9. The maximum Gasteiger partial charge on any atom is 0.317 e. The molecule has 1 aliphatic heterocycles. The summed E-state index contributed by atoms with van der Waals surface area (Å²) < 4.78 is 29.7. The van der Waals surface area contributed by atoms with Crippen LogP contribution in [0.25, 0.3) is 0 Å². The number of carbonyl (C=O) groups is 1. The second kappa shape index (κ2) is 15.8. The summed E-state index contributed by atoms with van der Waals surface area (Å²) in [7, 11) is -4.11. The van der Waals surface area contributed by atoms with E-state index in [1.54, 1.807) is 0 Å². The Morgan fingerprint density at radius 2 is 1.47 bits per heavy atom. The van der Waals surface area contributed by atoms with Crippen molar-refractivity contribution in [2.45, 2.75) is 11.6 Å². The van der Waals surface area contributed by atoms with Gasteiger partial charge in [0.15, 0.2) is 0 Å². The number of nitrogens with one attached hydrogen (secondary N) is 1. The molecule has 0 aromatic heterocycles. The van der Waals surface area contributed by atoms with Gasteiger partial charge >= 0.3 is 5.97 Å². The van der Waals surface area contributed by atoms with Gasteiger partial charge in [0, 0.05) is 39.3 Å². The van der Waals surface area contributed by atoms with E-state index in [1.165, 1.54) is 0 Å². The topological polar surface area (TPSA) is 243 Å². The number of carboxylic acids is 1. The third-order valence-electron chi connectivity index (χ3n) is 4.28. The summed E-state index contributed by atoms with van der Waals surface area (Å²) in [6.45, 7) is 2.07. The molecular weight excluding hydrogens is 430 g/mol. The minimum Gasteiger partial charge on any atom is -0.480 e. The van der Waals surface area contributed by atoms with Crippen LogP contribution in [0.5, 0.6) is 0 Å². The first kappa shape index (κ1) is 31.2. The van der Waals surface area contributed by atoms with E-state index in [0.717, 1.165) is 26.2 Å². The highest BCUT2D eigenvalue weighted by atomic mass is 32.2. The fraction of sp³-hybridized carbons (Fsp3) is 0.933. The van der Waals surface area contributed by atoms with Crippen LogP contribution in [0.2, 0.25) is 0 Å². The first-order valence-electron chi connectivity index (χ1n) is 8.99. The third kappa shape index (κ3) is 14.1. The van der Waals surface area contributed by atoms with Gasteiger partial charge in [0.1, 0.15) is 5.75 Å². The quantitative estimate of drug-likeness (QED) is 0.125. The van der Waals surface area contributed by atoms with Gasteiger partial charge in [-0.15, -0.1) is 0 Å². The number of piperazine rings is 1. The molecule has 1 unspecified atom stereocenters. The predicted molar refractivity (Wildman–Crippen MR) is 106 cm³/mol. The van der Waals surface area contributed by atoms with Crippen LogP contribution < -0.4 is 5.32 Å². The number of β-amino-alcohol motifs (C(OH)–C–C–N with tert-alkyl or cyclic N) is 2. The van der Waals surface area contributed by atoms with E-state index in [2.05, 4.69) is 10.2 Å². The highest BCUT2D eigenvalue weighted by Gasteiger charge is 2.27. The second-order valence-corrected chi connectivity index (χ2v) is 8.27. The number of rotatable bonds is 12. The molecule has 0 amide bonds. The van der Waals surface area contributed by atoms with Crippen LogP contribution in [-0.2, 0) is 14.9 Å². The Bertz CT molecular complexity index is 544. The minimum absolute atomic E-state index is 0. The van der Waals surface area contributed by atoms with Crippen molar-refractivity contribution < 1.29 is 53.9 Å². The van der Waals surface area contributed by atoms with Crippen LogP contribution in [0.1, 0.15) is 0 Å². The monoisotopic (exact) mass is 465 g/mol. The van der Waals surface area contributed by atoms with Gasteiger partial charge in [0.05, 0.1) is 44.6 Å². The average molecular weight is 466 g/mol. The molecule has 0 radical (unpaired) electrons. The zero-order chi connectivity index (χ0) is 22.5. The molecule has 0 aromatic carbocycles. The van der Waals surface area contributed by atoms with Gasteiger partial charge in [-0.2, -0.15) is 8.42 Å². The van der Waals surface area contributed by atoms with Gasteiger partial charge in [0.2, 0.25) is 0 Å². The number of aliphatic hydroxyl groups is 5. The summed E-state index contributed by atoms with van der Waals surface area (Å²) in [6.07, 6.45) is -1.06. The van der Waals surface area contributed by atoms with Gasteiger partial charge < -0.3 is 36.1 Å². The molecule has 0 saturated carbocycles. The molecule has 0 bridgehead atoms. The van der Waals surface area contributed by atoms with Crippen molar-refractivity contribution in [2.75, 3.05) is 78.0 Å². The summed E-state index contributed by atoms with van der Waals surface area (Å²) >= 11 is 0. The lowest BCUT2D eigenvalue weighted by Crippen LogP contribution is -2.56. The molecule has 1 rings (SSSR count). The lowest BCUT2D eigenvalue weighted by atomic mass is 10.0. The Balaban J connectivity index is 0. The summed E-state index contributed by atoms with van der Waals surface area (Å²) in [4.78, 5) is 14.1. The third-order valence-corrected chi connectivity index (χ3v) is 5.08. The number of carboxylic acid groups (broad SMARTS) is 1. The second-order valence-electron chi connectivity index (χ2n) is 6.77. The molecule has 0 aliphatic carbocycles. The van der Waals surface area contributed by atoms with Gasteiger partial charge in [-0.3, -0.25) is 24.5 Å². The Labute approximate surface area is 175 Å². The molecule has 1 aliphatic rings. The van der Waals surface area contributed by atoms with E-state index in [1.807, 2.05) is 4.90 Å². The van der Waals surface area contributed by atoms with Crippen molar-refractivity contribution in [1.29, 1.82) is 0 Å². The largest absolute Gasteiger partial charge is 0.480 e. The van der Waals surface area contributed by atoms with Crippen molar-refractivity contribution in [3.8, 4) is 0 Å². The molecular formula is C15H35N3O11S. The maximum atomic E-state index is 10.6. The van der Waals surface area contributed by atoms with E-state index in [0.29, 0.717) is 6.54 Å². The molecule has 1 saturated heterocycles. The molecule has 15 heteroatoms. The standard InChI is InChI=1S/C9H20N2O5S.C6H13NO5.H2O/c12-6-5-10-1-3-11(4-2-10)7-9(13)8-17(14,15)16;8-2-6(3-9,4-10)7-1-5(11)12;/h9,12-13H,1-8H2,(H,14,15,16);7-10H,1-4H2,(H,11,12);1H2. The number of aliphatic carboxylic acids is 1. The number of aliphatic hydroxyl groups excluding tert-OH is 5. The van der Waals surface area contributed by atoms with Crippen molar-refractivity contribution in [2.24, 2.45) is 0 Å². The molecule has 30 heavy (non-hydrogen) atoms. The zero-order valence-corrected chi connectivity index (χ0v) is 17.5. The van der Waals surface area contributed by atoms with Gasteiger partial charge in [-0.1, -0.05) is 0 Å². The Kier molecular flexibility index (Phi) is 16.4. The molecule has 1 heterocycles. The molecule has 1 atom stereocenters. The first-order valence-corrected chi connectivity index (χ1v) is 10.6. The van der Waals surface area contributed by atoms with Crippen molar-refractivity contribution >= 4 is 16.1 Å². The van der Waals surface area contributed by atoms with E-state index >= 15 is 0 Å². The van der Waals surface area contributed by atoms with Crippen LogP contribution in [0.15, 0.2) is 0 Å². The van der Waals surface area contributed by atoms with E-state index < -0.39 is 59.8 Å². The summed E-state index contributed by atoms with van der Waals surface area (Å²) in [5, 5.41) is 55.0. The fourth-order valence-corrected chi connectivity index (χ4v) is 3.10. The molecule has 1 fully saturated rings. The fourth-order valence-electron chi connectivity index (χ4n) is 2.51. The van der Waals surface area contributed by atoms with Crippen LogP contribution in [-0.4, -0.2) is 154 Å². The highest BCUT2D eigenvalue weighted by molar-refractivity contribution is 7.85. The number of nitrogens with zero attached hydrogens (tertiary/aromatic N) is 2. The first-order chi connectivity index (χ1) is 13.5. The van der Waals surface area contributed by atoms with Crippen LogP contribution in [0.4, 0.5) is 0 Å². The molecule has 0 spiro atoms. The number of hydrogen-bond donors (Lipinski definition) is 8. The zero-order valence-electron chi connectivity index (χ0n) is 16.7. The maximum absolute atomic E-state index is 10.6. The Hall–Kier alpha value is -0.980. The average Bonchev–Trinajstić information content (AvgIpc) is 2.64. The Morgan fingerprint density at radius 1 is 1.00 bits per heavy atom. The Morgan fingerprint density at radius 3 is 1.83 bits per heavy atom. The molecule has 182 valence electrons. The SMILES string of the molecule is O.O=C(O)CNC(CO)(CO)CO.O=S(=O)(O)CC(O)CN1CCN(CCO)CC1. The van der Waals surface area contributed by atoms with Gasteiger partial charge in [-0.25, -0.2) is 0 Å². The number of hydrogen-bond acceptors (Lipinski definition) is 11. The van der Waals surface area contributed by atoms with Crippen molar-refractivity contribution in [1.82, 2.24) is 15.1 Å². The van der Waals surface area contributed by atoms with Crippen LogP contribution in [0.3, 0.4) is 0 Å². The predicted octanol–water partition coefficient (Wildman–Crippen LogP) is -5.60. The highest BCUT2D eigenvalue weighted by Crippen LogP contribution is 2.03. The summed E-state index contributed by atoms with van der Waals surface area (Å²) in [5.41, 5.74) is -1.31. The van der Waals surface area contributed by atoms with E-state index in [9.17, 15) is 18.3 Å². The van der Waals surface area contributed by atoms with Crippen molar-refractivity contribution in [3.63, 3.8) is 0 Å². The van der Waals surface area contributed by atoms with E-state index in [4.69, 9.17) is 30.1 Å². The summed E-state index contributed by atoms with van der Waals surface area (Å²) in [6, 6.07) is 0. The molecule has 0 aromatic rings. The van der Waals surface area contributed by atoms with E-state index in [-0.39, 0.29) is 18.6 Å². The van der Waals surface area contributed by atoms with Gasteiger partial charge in [0.25, 0.3) is 10.1 Å².